The van der Waals surface area contributed by atoms with E-state index in [2.05, 4.69) is 36.5 Å². The quantitative estimate of drug-likeness (QED) is 0.667. The molecule has 7 heteroatoms. The van der Waals surface area contributed by atoms with Gasteiger partial charge in [0.2, 0.25) is 0 Å². The average molecular weight is 403 g/mol. The van der Waals surface area contributed by atoms with Gasteiger partial charge in [-0.15, -0.1) is 0 Å². The lowest BCUT2D eigenvalue weighted by molar-refractivity contribution is 0.0954. The summed E-state index contributed by atoms with van der Waals surface area (Å²) in [7, 11) is 0. The molecule has 2 N–H and O–H groups in total. The lowest BCUT2D eigenvalue weighted by atomic mass is 10.3. The third kappa shape index (κ3) is 4.18. The van der Waals surface area contributed by atoms with E-state index in [9.17, 15) is 4.79 Å². The fourth-order valence-electron chi connectivity index (χ4n) is 2.08. The van der Waals surface area contributed by atoms with Crippen LogP contribution in [0.4, 0.5) is 10.8 Å². The van der Waals surface area contributed by atoms with E-state index in [4.69, 9.17) is 0 Å². The normalized spacial score (nSPS) is 10.4. The largest absolute Gasteiger partial charge is 0.347 e. The number of benzene rings is 1. The molecule has 0 saturated heterocycles. The molecule has 1 aromatic carbocycles. The van der Waals surface area contributed by atoms with Crippen molar-refractivity contribution >= 4 is 44.0 Å². The standard InChI is InChI=1S/C17H15BrN4OS/c1-11-15(16(23)20-10-12-3-2-8-19-9-12)24-17(21-11)22-14-6-4-13(18)5-7-14/h2-9H,10H2,1H3,(H,20,23)(H,21,22). The zero-order valence-electron chi connectivity index (χ0n) is 12.9. The molecule has 3 aromatic rings. The van der Waals surface area contributed by atoms with E-state index in [-0.39, 0.29) is 5.91 Å². The topological polar surface area (TPSA) is 66.9 Å². The lowest BCUT2D eigenvalue weighted by Gasteiger charge is -2.03. The molecule has 0 fully saturated rings. The number of rotatable bonds is 5. The first-order chi connectivity index (χ1) is 11.6. The van der Waals surface area contributed by atoms with E-state index in [1.165, 1.54) is 11.3 Å². The number of nitrogens with one attached hydrogen (secondary N) is 2. The number of anilines is 2. The van der Waals surface area contributed by atoms with Crippen LogP contribution in [-0.4, -0.2) is 15.9 Å². The van der Waals surface area contributed by atoms with Crippen LogP contribution in [0.2, 0.25) is 0 Å². The van der Waals surface area contributed by atoms with E-state index in [0.717, 1.165) is 15.7 Å². The highest BCUT2D eigenvalue weighted by molar-refractivity contribution is 9.10. The summed E-state index contributed by atoms with van der Waals surface area (Å²) in [5.41, 5.74) is 2.60. The molecule has 0 aliphatic heterocycles. The number of pyridine rings is 1. The number of aryl methyl sites for hydroxylation is 1. The molecule has 1 amide bonds. The van der Waals surface area contributed by atoms with Gasteiger partial charge in [0, 0.05) is 29.1 Å². The summed E-state index contributed by atoms with van der Waals surface area (Å²) in [5, 5.41) is 6.81. The Balaban J connectivity index is 1.66. The van der Waals surface area contributed by atoms with Crippen LogP contribution in [0.1, 0.15) is 20.9 Å². The fourth-order valence-corrected chi connectivity index (χ4v) is 3.25. The highest BCUT2D eigenvalue weighted by atomic mass is 79.9. The van der Waals surface area contributed by atoms with Crippen molar-refractivity contribution in [2.45, 2.75) is 13.5 Å². The number of carbonyl (C=O) groups excluding carboxylic acids is 1. The van der Waals surface area contributed by atoms with E-state index < -0.39 is 0 Å². The molecule has 3 rings (SSSR count). The second-order valence-corrected chi connectivity index (χ2v) is 7.02. The van der Waals surface area contributed by atoms with Gasteiger partial charge in [-0.1, -0.05) is 33.3 Å². The Labute approximate surface area is 152 Å². The van der Waals surface area contributed by atoms with Gasteiger partial charge in [0.25, 0.3) is 5.91 Å². The summed E-state index contributed by atoms with van der Waals surface area (Å²) >= 11 is 4.74. The Morgan fingerprint density at radius 2 is 2.04 bits per heavy atom. The molecule has 0 saturated carbocycles. The van der Waals surface area contributed by atoms with Gasteiger partial charge in [-0.3, -0.25) is 9.78 Å². The number of carbonyl (C=O) groups is 1. The molecule has 0 radical (unpaired) electrons. The molecular formula is C17H15BrN4OS. The van der Waals surface area contributed by atoms with E-state index >= 15 is 0 Å². The Morgan fingerprint density at radius 3 is 2.75 bits per heavy atom. The number of halogens is 1. The van der Waals surface area contributed by atoms with Crippen molar-refractivity contribution in [3.05, 3.63) is 69.4 Å². The van der Waals surface area contributed by atoms with Gasteiger partial charge in [0.15, 0.2) is 5.13 Å². The summed E-state index contributed by atoms with van der Waals surface area (Å²) in [6.07, 6.45) is 3.44. The molecule has 0 aliphatic carbocycles. The first-order valence-corrected chi connectivity index (χ1v) is 8.90. The minimum atomic E-state index is -0.127. The zero-order valence-corrected chi connectivity index (χ0v) is 15.3. The summed E-state index contributed by atoms with van der Waals surface area (Å²) in [6, 6.07) is 11.6. The van der Waals surface area contributed by atoms with Gasteiger partial charge in [0.05, 0.1) is 5.69 Å². The van der Waals surface area contributed by atoms with Gasteiger partial charge >= 0.3 is 0 Å². The molecule has 2 aromatic heterocycles. The molecule has 5 nitrogen and oxygen atoms in total. The molecule has 0 spiro atoms. The van der Waals surface area contributed by atoms with Gasteiger partial charge in [-0.05, 0) is 42.8 Å². The number of hydrogen-bond acceptors (Lipinski definition) is 5. The molecule has 0 aliphatic rings. The minimum absolute atomic E-state index is 0.127. The van der Waals surface area contributed by atoms with Gasteiger partial charge in [-0.2, -0.15) is 0 Å². The van der Waals surface area contributed by atoms with Crippen molar-refractivity contribution < 1.29 is 4.79 Å². The van der Waals surface area contributed by atoms with Crippen LogP contribution in [0, 0.1) is 6.92 Å². The monoisotopic (exact) mass is 402 g/mol. The Kier molecular flexibility index (Phi) is 5.22. The molecule has 0 atom stereocenters. The number of hydrogen-bond donors (Lipinski definition) is 2. The third-order valence-corrected chi connectivity index (χ3v) is 4.87. The molecule has 24 heavy (non-hydrogen) atoms. The van der Waals surface area contributed by atoms with Gasteiger partial charge < -0.3 is 10.6 Å². The number of aromatic nitrogens is 2. The maximum absolute atomic E-state index is 12.4. The van der Waals surface area contributed by atoms with Crippen LogP contribution in [-0.2, 0) is 6.54 Å². The van der Waals surface area contributed by atoms with Crippen LogP contribution in [0.15, 0.2) is 53.3 Å². The maximum Gasteiger partial charge on any atom is 0.263 e. The molecule has 0 unspecified atom stereocenters. The predicted molar refractivity (Wildman–Crippen MR) is 99.7 cm³/mol. The van der Waals surface area contributed by atoms with Gasteiger partial charge in [0.1, 0.15) is 4.88 Å². The second-order valence-electron chi connectivity index (χ2n) is 5.11. The molecule has 0 bridgehead atoms. The minimum Gasteiger partial charge on any atom is -0.347 e. The number of nitrogens with zero attached hydrogens (tertiary/aromatic N) is 2. The van der Waals surface area contributed by atoms with Crippen molar-refractivity contribution in [3.63, 3.8) is 0 Å². The summed E-state index contributed by atoms with van der Waals surface area (Å²) in [6.45, 7) is 2.28. The first kappa shape index (κ1) is 16.6. The third-order valence-electron chi connectivity index (χ3n) is 3.27. The SMILES string of the molecule is Cc1nc(Nc2ccc(Br)cc2)sc1C(=O)NCc1cccnc1. The average Bonchev–Trinajstić information content (AvgIpc) is 2.96. The van der Waals surface area contributed by atoms with Gasteiger partial charge in [-0.25, -0.2) is 4.98 Å². The van der Waals surface area contributed by atoms with Crippen LogP contribution < -0.4 is 10.6 Å². The van der Waals surface area contributed by atoms with Crippen LogP contribution in [0.25, 0.3) is 0 Å². The fraction of sp³-hybridized carbons (Fsp3) is 0.118. The maximum atomic E-state index is 12.4. The van der Waals surface area contributed by atoms with Crippen molar-refractivity contribution in [2.24, 2.45) is 0 Å². The van der Waals surface area contributed by atoms with E-state index in [1.807, 2.05) is 43.3 Å². The molecule has 2 heterocycles. The zero-order chi connectivity index (χ0) is 16.9. The predicted octanol–water partition coefficient (Wildman–Crippen LogP) is 4.28. The van der Waals surface area contributed by atoms with E-state index in [0.29, 0.717) is 22.2 Å². The van der Waals surface area contributed by atoms with Crippen LogP contribution in [0.5, 0.6) is 0 Å². The number of amides is 1. The highest BCUT2D eigenvalue weighted by Gasteiger charge is 2.15. The molecule has 122 valence electrons. The van der Waals surface area contributed by atoms with Crippen molar-refractivity contribution in [1.29, 1.82) is 0 Å². The highest BCUT2D eigenvalue weighted by Crippen LogP contribution is 2.26. The Hall–Kier alpha value is -2.25. The Bertz CT molecular complexity index is 834. The number of thiazole rings is 1. The van der Waals surface area contributed by atoms with Crippen LogP contribution in [0.3, 0.4) is 0 Å². The van der Waals surface area contributed by atoms with Crippen molar-refractivity contribution in [1.82, 2.24) is 15.3 Å². The summed E-state index contributed by atoms with van der Waals surface area (Å²) in [5.74, 6) is -0.127. The Morgan fingerprint density at radius 1 is 1.25 bits per heavy atom. The van der Waals surface area contributed by atoms with Crippen LogP contribution >= 0.6 is 27.3 Å². The van der Waals surface area contributed by atoms with E-state index in [1.54, 1.807) is 12.4 Å². The summed E-state index contributed by atoms with van der Waals surface area (Å²) < 4.78 is 1.01. The summed E-state index contributed by atoms with van der Waals surface area (Å²) in [4.78, 5) is 21.4. The lowest BCUT2D eigenvalue weighted by Crippen LogP contribution is -2.22. The first-order valence-electron chi connectivity index (χ1n) is 7.29. The molecular weight excluding hydrogens is 388 g/mol. The smallest absolute Gasteiger partial charge is 0.263 e. The second kappa shape index (κ2) is 7.55. The van der Waals surface area contributed by atoms with Crippen molar-refractivity contribution in [2.75, 3.05) is 5.32 Å². The van der Waals surface area contributed by atoms with Crippen molar-refractivity contribution in [3.8, 4) is 0 Å².